The molecule has 4 N–H and O–H groups in total. The molecule has 2 aromatic rings. The molecule has 4 rings (SSSR count). The van der Waals surface area contributed by atoms with E-state index in [1.165, 1.54) is 31.4 Å². The van der Waals surface area contributed by atoms with Gasteiger partial charge in [0, 0.05) is 18.2 Å². The third kappa shape index (κ3) is 5.37. The Morgan fingerprint density at radius 2 is 1.79 bits per heavy atom. The van der Waals surface area contributed by atoms with Gasteiger partial charge in [-0.2, -0.15) is 0 Å². The molecule has 0 bridgehead atoms. The van der Waals surface area contributed by atoms with Crippen LogP contribution in [0.15, 0.2) is 48.5 Å². The Labute approximate surface area is 173 Å². The third-order valence-electron chi connectivity index (χ3n) is 6.32. The first-order valence-corrected chi connectivity index (χ1v) is 10.8. The van der Waals surface area contributed by atoms with E-state index in [-0.39, 0.29) is 5.91 Å². The first-order chi connectivity index (χ1) is 14.1. The first-order valence-electron chi connectivity index (χ1n) is 10.8. The van der Waals surface area contributed by atoms with E-state index < -0.39 is 0 Å². The predicted octanol–water partition coefficient (Wildman–Crippen LogP) is 3.73. The Hall–Kier alpha value is -2.37. The molecule has 5 nitrogen and oxygen atoms in total. The van der Waals surface area contributed by atoms with Gasteiger partial charge in [-0.3, -0.25) is 9.69 Å². The number of nitrogens with one attached hydrogen (secondary N) is 2. The van der Waals surface area contributed by atoms with Crippen molar-refractivity contribution in [2.45, 2.75) is 38.8 Å². The fourth-order valence-electron chi connectivity index (χ4n) is 4.10. The van der Waals surface area contributed by atoms with Gasteiger partial charge in [-0.15, -0.1) is 0 Å². The number of nitrogen functional groups attached to an aromatic ring is 1. The third-order valence-corrected chi connectivity index (χ3v) is 6.32. The van der Waals surface area contributed by atoms with Crippen molar-refractivity contribution < 1.29 is 4.79 Å². The summed E-state index contributed by atoms with van der Waals surface area (Å²) in [7, 11) is 0. The van der Waals surface area contributed by atoms with Crippen molar-refractivity contribution in [3.05, 3.63) is 59.7 Å². The smallest absolute Gasteiger partial charge is 0.255 e. The fraction of sp³-hybridized carbons (Fsp3) is 0.458. The van der Waals surface area contributed by atoms with Gasteiger partial charge in [-0.05, 0) is 80.6 Å². The number of nitrogens with zero attached hydrogens (tertiary/aromatic N) is 1. The van der Waals surface area contributed by atoms with Crippen molar-refractivity contribution in [3.63, 3.8) is 0 Å². The van der Waals surface area contributed by atoms with Gasteiger partial charge in [0.25, 0.3) is 5.91 Å². The molecule has 0 spiro atoms. The van der Waals surface area contributed by atoms with Gasteiger partial charge in [0.1, 0.15) is 0 Å². The molecular weight excluding hydrogens is 360 g/mol. The SMILES string of the molecule is C[C@@H]1C[C@H]1NCC1CCN(Cc2ccc(C(=O)Nc3ccccc3N)cc2)CC1. The minimum atomic E-state index is -0.132. The lowest BCUT2D eigenvalue weighted by Crippen LogP contribution is -2.37. The van der Waals surface area contributed by atoms with Gasteiger partial charge in [0.15, 0.2) is 0 Å². The van der Waals surface area contributed by atoms with Gasteiger partial charge < -0.3 is 16.4 Å². The summed E-state index contributed by atoms with van der Waals surface area (Å²) in [5.74, 6) is 1.56. The van der Waals surface area contributed by atoms with E-state index in [9.17, 15) is 4.79 Å². The van der Waals surface area contributed by atoms with Gasteiger partial charge >= 0.3 is 0 Å². The van der Waals surface area contributed by atoms with Gasteiger partial charge in [0.2, 0.25) is 0 Å². The molecule has 5 heteroatoms. The van der Waals surface area contributed by atoms with Crippen LogP contribution in [-0.2, 0) is 6.54 Å². The van der Waals surface area contributed by atoms with Crippen molar-refractivity contribution in [2.24, 2.45) is 11.8 Å². The molecule has 154 valence electrons. The molecule has 1 heterocycles. The molecule has 2 fully saturated rings. The van der Waals surface area contributed by atoms with E-state index >= 15 is 0 Å². The number of nitrogens with two attached hydrogens (primary N) is 1. The monoisotopic (exact) mass is 392 g/mol. The Kier molecular flexibility index (Phi) is 6.16. The number of carbonyl (C=O) groups is 1. The highest BCUT2D eigenvalue weighted by molar-refractivity contribution is 6.05. The van der Waals surface area contributed by atoms with Crippen LogP contribution in [0.3, 0.4) is 0 Å². The largest absolute Gasteiger partial charge is 0.397 e. The van der Waals surface area contributed by atoms with Crippen LogP contribution in [0.5, 0.6) is 0 Å². The Morgan fingerprint density at radius 3 is 2.45 bits per heavy atom. The number of carbonyl (C=O) groups excluding carboxylic acids is 1. The van der Waals surface area contributed by atoms with Crippen LogP contribution in [0.2, 0.25) is 0 Å². The van der Waals surface area contributed by atoms with E-state index in [0.717, 1.165) is 37.5 Å². The maximum Gasteiger partial charge on any atom is 0.255 e. The summed E-state index contributed by atoms with van der Waals surface area (Å²) in [6, 6.07) is 16.0. The van der Waals surface area contributed by atoms with Crippen LogP contribution in [0.1, 0.15) is 42.1 Å². The van der Waals surface area contributed by atoms with Crippen molar-refractivity contribution in [1.82, 2.24) is 10.2 Å². The Balaban J connectivity index is 1.23. The van der Waals surface area contributed by atoms with E-state index in [2.05, 4.69) is 34.6 Å². The second-order valence-electron chi connectivity index (χ2n) is 8.69. The maximum absolute atomic E-state index is 12.5. The summed E-state index contributed by atoms with van der Waals surface area (Å²) in [4.78, 5) is 15.0. The summed E-state index contributed by atoms with van der Waals surface area (Å²) < 4.78 is 0. The maximum atomic E-state index is 12.5. The lowest BCUT2D eigenvalue weighted by atomic mass is 9.96. The molecule has 2 atom stereocenters. The number of hydrogen-bond acceptors (Lipinski definition) is 4. The highest BCUT2D eigenvalue weighted by atomic mass is 16.1. The van der Waals surface area contributed by atoms with Crippen LogP contribution in [0.4, 0.5) is 11.4 Å². The molecular formula is C24H32N4O. The highest BCUT2D eigenvalue weighted by Crippen LogP contribution is 2.29. The van der Waals surface area contributed by atoms with Gasteiger partial charge in [0.05, 0.1) is 11.4 Å². The zero-order valence-electron chi connectivity index (χ0n) is 17.2. The number of benzene rings is 2. The lowest BCUT2D eigenvalue weighted by Gasteiger charge is -2.32. The first kappa shape index (κ1) is 19.9. The van der Waals surface area contributed by atoms with Crippen molar-refractivity contribution in [1.29, 1.82) is 0 Å². The molecule has 1 aliphatic carbocycles. The Bertz CT molecular complexity index is 827. The molecule has 2 aliphatic rings. The molecule has 1 amide bonds. The number of anilines is 2. The highest BCUT2D eigenvalue weighted by Gasteiger charge is 2.32. The lowest BCUT2D eigenvalue weighted by molar-refractivity contribution is 0.102. The second kappa shape index (κ2) is 8.97. The molecule has 0 unspecified atom stereocenters. The average molecular weight is 393 g/mol. The minimum absolute atomic E-state index is 0.132. The summed E-state index contributed by atoms with van der Waals surface area (Å²) in [5, 5.41) is 6.59. The zero-order valence-corrected chi connectivity index (χ0v) is 17.2. The van der Waals surface area contributed by atoms with Crippen LogP contribution in [0.25, 0.3) is 0 Å². The van der Waals surface area contributed by atoms with E-state index in [4.69, 9.17) is 5.73 Å². The van der Waals surface area contributed by atoms with Crippen LogP contribution >= 0.6 is 0 Å². The molecule has 1 saturated heterocycles. The van der Waals surface area contributed by atoms with E-state index in [1.807, 2.05) is 30.3 Å². The van der Waals surface area contributed by atoms with Gasteiger partial charge in [-0.25, -0.2) is 0 Å². The van der Waals surface area contributed by atoms with Crippen molar-refractivity contribution in [2.75, 3.05) is 30.7 Å². The normalized spacial score (nSPS) is 22.4. The predicted molar refractivity (Wildman–Crippen MR) is 119 cm³/mol. The molecule has 0 aromatic heterocycles. The second-order valence-corrected chi connectivity index (χ2v) is 8.69. The summed E-state index contributed by atoms with van der Waals surface area (Å²) >= 11 is 0. The summed E-state index contributed by atoms with van der Waals surface area (Å²) in [6.45, 7) is 6.77. The quantitative estimate of drug-likeness (QED) is 0.628. The molecule has 0 radical (unpaired) electrons. The number of likely N-dealkylation sites (tertiary alicyclic amines) is 1. The number of piperidine rings is 1. The molecule has 1 aliphatic heterocycles. The molecule has 29 heavy (non-hydrogen) atoms. The number of rotatable bonds is 7. The molecule has 1 saturated carbocycles. The van der Waals surface area contributed by atoms with Crippen LogP contribution < -0.4 is 16.4 Å². The van der Waals surface area contributed by atoms with Crippen molar-refractivity contribution >= 4 is 17.3 Å². The number of hydrogen-bond donors (Lipinski definition) is 3. The van der Waals surface area contributed by atoms with Crippen LogP contribution in [-0.4, -0.2) is 36.5 Å². The topological polar surface area (TPSA) is 70.4 Å². The minimum Gasteiger partial charge on any atom is -0.397 e. The van der Waals surface area contributed by atoms with Gasteiger partial charge in [-0.1, -0.05) is 31.2 Å². The fourth-order valence-corrected chi connectivity index (χ4v) is 4.10. The number of para-hydroxylation sites is 2. The standard InChI is InChI=1S/C24H32N4O/c1-17-14-23(17)26-15-18-10-12-28(13-11-18)16-19-6-8-20(9-7-19)24(29)27-22-5-3-2-4-21(22)25/h2-9,17-18,23,26H,10-16,25H2,1H3,(H,27,29)/t17-,23-/m1/s1. The average Bonchev–Trinajstić information content (AvgIpc) is 3.45. The Morgan fingerprint density at radius 1 is 1.10 bits per heavy atom. The van der Waals surface area contributed by atoms with E-state index in [0.29, 0.717) is 16.9 Å². The summed E-state index contributed by atoms with van der Waals surface area (Å²) in [6.07, 6.45) is 3.89. The number of amides is 1. The van der Waals surface area contributed by atoms with E-state index in [1.54, 1.807) is 6.07 Å². The summed E-state index contributed by atoms with van der Waals surface area (Å²) in [5.41, 5.74) is 9.03. The molecule has 2 aromatic carbocycles. The van der Waals surface area contributed by atoms with Crippen LogP contribution in [0, 0.1) is 11.8 Å². The zero-order chi connectivity index (χ0) is 20.2. The van der Waals surface area contributed by atoms with Crippen molar-refractivity contribution in [3.8, 4) is 0 Å².